The molecule has 2 unspecified atom stereocenters. The van der Waals surface area contributed by atoms with Crippen molar-refractivity contribution in [3.8, 4) is 0 Å². The molecule has 0 radical (unpaired) electrons. The molecular formula is C16H24ClNO2. The molecule has 1 aromatic carbocycles. The summed E-state index contributed by atoms with van der Waals surface area (Å²) in [6.07, 6.45) is 0.549. The fourth-order valence-electron chi connectivity index (χ4n) is 2.40. The number of rotatable bonds is 4. The number of hydrogen-bond acceptors (Lipinski definition) is 3. The summed E-state index contributed by atoms with van der Waals surface area (Å²) in [4.78, 5) is 13.9. The molecule has 0 amide bonds. The van der Waals surface area contributed by atoms with Crippen LogP contribution in [0, 0.1) is 0 Å². The van der Waals surface area contributed by atoms with Crippen LogP contribution in [0.5, 0.6) is 0 Å². The molecule has 0 saturated carbocycles. The number of benzene rings is 1. The van der Waals surface area contributed by atoms with Crippen LogP contribution in [-0.2, 0) is 4.79 Å². The number of halogens is 1. The van der Waals surface area contributed by atoms with Crippen LogP contribution in [0.4, 0.5) is 0 Å². The Labute approximate surface area is 126 Å². The molecule has 0 aliphatic carbocycles. The molecule has 1 heterocycles. The molecule has 2 rings (SSSR count). The van der Waals surface area contributed by atoms with E-state index in [4.69, 9.17) is 11.6 Å². The van der Waals surface area contributed by atoms with E-state index in [2.05, 4.69) is 4.90 Å². The number of hydrogen-bond donors (Lipinski definition) is 1. The first-order valence-electron chi connectivity index (χ1n) is 7.22. The number of likely N-dealkylation sites (tertiary alicyclic amines) is 1. The van der Waals surface area contributed by atoms with Crippen molar-refractivity contribution in [1.82, 2.24) is 4.90 Å². The largest absolute Gasteiger partial charge is 0.392 e. The van der Waals surface area contributed by atoms with Gasteiger partial charge in [-0.05, 0) is 31.0 Å². The van der Waals surface area contributed by atoms with Gasteiger partial charge >= 0.3 is 0 Å². The molecule has 0 aromatic heterocycles. The van der Waals surface area contributed by atoms with E-state index in [1.54, 1.807) is 6.92 Å². The number of ketones is 1. The van der Waals surface area contributed by atoms with E-state index in [0.29, 0.717) is 18.1 Å². The van der Waals surface area contributed by atoms with E-state index in [-0.39, 0.29) is 17.8 Å². The highest BCUT2D eigenvalue weighted by atomic mass is 35.5. The number of β-amino-alcohol motifs (C(OH)–C–C–N with tert-alkyl or cyclic N) is 1. The highest BCUT2D eigenvalue weighted by Gasteiger charge is 2.25. The van der Waals surface area contributed by atoms with Gasteiger partial charge in [-0.1, -0.05) is 37.6 Å². The standard InChI is InChI=1S/C14H18ClNO2.C2H6/c1-10(17)14(9-16-7-6-13(18)8-16)11-2-4-12(15)5-3-11;1-2/h2-5,13-14,18H,6-9H2,1H3;1-2H3. The zero-order chi connectivity index (χ0) is 15.1. The van der Waals surface area contributed by atoms with E-state index >= 15 is 0 Å². The van der Waals surface area contributed by atoms with Gasteiger partial charge in [0.05, 0.1) is 12.0 Å². The van der Waals surface area contributed by atoms with Gasteiger partial charge in [-0.25, -0.2) is 0 Å². The minimum Gasteiger partial charge on any atom is -0.392 e. The maximum absolute atomic E-state index is 11.8. The van der Waals surface area contributed by atoms with Crippen molar-refractivity contribution in [2.45, 2.75) is 39.2 Å². The van der Waals surface area contributed by atoms with Gasteiger partial charge in [-0.3, -0.25) is 9.69 Å². The minimum absolute atomic E-state index is 0.132. The predicted molar refractivity (Wildman–Crippen MR) is 83.3 cm³/mol. The Morgan fingerprint density at radius 1 is 1.40 bits per heavy atom. The SMILES string of the molecule is CC.CC(=O)C(CN1CCC(O)C1)c1ccc(Cl)cc1. The van der Waals surface area contributed by atoms with E-state index in [1.807, 2.05) is 38.1 Å². The second-order valence-corrected chi connectivity index (χ2v) is 5.35. The number of nitrogens with zero attached hydrogens (tertiary/aromatic N) is 1. The second-order valence-electron chi connectivity index (χ2n) is 4.92. The first-order valence-corrected chi connectivity index (χ1v) is 7.60. The Bertz CT molecular complexity index is 419. The molecule has 1 fully saturated rings. The normalized spacial score (nSPS) is 20.1. The Morgan fingerprint density at radius 2 is 2.00 bits per heavy atom. The lowest BCUT2D eigenvalue weighted by atomic mass is 9.95. The number of carbonyl (C=O) groups excluding carboxylic acids is 1. The van der Waals surface area contributed by atoms with Crippen LogP contribution in [-0.4, -0.2) is 41.5 Å². The molecule has 0 bridgehead atoms. The van der Waals surface area contributed by atoms with Gasteiger partial charge < -0.3 is 5.11 Å². The quantitative estimate of drug-likeness (QED) is 0.928. The molecule has 1 aliphatic heterocycles. The van der Waals surface area contributed by atoms with Gasteiger partial charge in [0.25, 0.3) is 0 Å². The highest BCUT2D eigenvalue weighted by Crippen LogP contribution is 2.22. The van der Waals surface area contributed by atoms with Crippen molar-refractivity contribution in [3.63, 3.8) is 0 Å². The van der Waals surface area contributed by atoms with Crippen LogP contribution >= 0.6 is 11.6 Å². The zero-order valence-electron chi connectivity index (χ0n) is 12.5. The van der Waals surface area contributed by atoms with Gasteiger partial charge in [0.2, 0.25) is 0 Å². The number of carbonyl (C=O) groups is 1. The summed E-state index contributed by atoms with van der Waals surface area (Å²) in [5.74, 6) is 0.0197. The first kappa shape index (κ1) is 17.2. The minimum atomic E-state index is -0.247. The first-order chi connectivity index (χ1) is 9.56. The summed E-state index contributed by atoms with van der Waals surface area (Å²) in [6, 6.07) is 7.43. The summed E-state index contributed by atoms with van der Waals surface area (Å²) in [7, 11) is 0. The predicted octanol–water partition coefficient (Wildman–Crippen LogP) is 3.11. The van der Waals surface area contributed by atoms with Gasteiger partial charge in [0.15, 0.2) is 0 Å². The average molecular weight is 298 g/mol. The lowest BCUT2D eigenvalue weighted by Gasteiger charge is -2.22. The molecule has 2 atom stereocenters. The van der Waals surface area contributed by atoms with E-state index in [9.17, 15) is 9.90 Å². The van der Waals surface area contributed by atoms with Crippen LogP contribution in [0.25, 0.3) is 0 Å². The van der Waals surface area contributed by atoms with Crippen LogP contribution in [0.1, 0.15) is 38.7 Å². The lowest BCUT2D eigenvalue weighted by Crippen LogP contribution is -2.30. The molecule has 0 spiro atoms. The maximum Gasteiger partial charge on any atom is 0.138 e. The maximum atomic E-state index is 11.8. The van der Waals surface area contributed by atoms with Crippen molar-refractivity contribution in [2.24, 2.45) is 0 Å². The van der Waals surface area contributed by atoms with E-state index in [1.165, 1.54) is 0 Å². The fraction of sp³-hybridized carbons (Fsp3) is 0.562. The van der Waals surface area contributed by atoms with Crippen LogP contribution in [0.2, 0.25) is 5.02 Å². The Kier molecular flexibility index (Phi) is 7.20. The highest BCUT2D eigenvalue weighted by molar-refractivity contribution is 6.30. The fourth-order valence-corrected chi connectivity index (χ4v) is 2.53. The van der Waals surface area contributed by atoms with Crippen LogP contribution in [0.3, 0.4) is 0 Å². The van der Waals surface area contributed by atoms with E-state index < -0.39 is 0 Å². The molecular weight excluding hydrogens is 274 g/mol. The van der Waals surface area contributed by atoms with Crippen molar-refractivity contribution in [2.75, 3.05) is 19.6 Å². The number of aliphatic hydroxyl groups is 1. The third-order valence-corrected chi connectivity index (χ3v) is 3.70. The summed E-state index contributed by atoms with van der Waals surface area (Å²) in [5.41, 5.74) is 0.994. The van der Waals surface area contributed by atoms with Crippen molar-refractivity contribution >= 4 is 17.4 Å². The lowest BCUT2D eigenvalue weighted by molar-refractivity contribution is -0.118. The van der Waals surface area contributed by atoms with Gasteiger partial charge in [-0.15, -0.1) is 0 Å². The molecule has 1 N–H and O–H groups in total. The smallest absolute Gasteiger partial charge is 0.138 e. The average Bonchev–Trinajstić information content (AvgIpc) is 2.85. The molecule has 1 aliphatic rings. The third-order valence-electron chi connectivity index (χ3n) is 3.45. The molecule has 20 heavy (non-hydrogen) atoms. The zero-order valence-corrected chi connectivity index (χ0v) is 13.2. The Morgan fingerprint density at radius 3 is 2.45 bits per heavy atom. The van der Waals surface area contributed by atoms with Gasteiger partial charge in [0.1, 0.15) is 5.78 Å². The molecule has 1 aromatic rings. The number of Topliss-reactive ketones (excluding diaryl/α,β-unsaturated/α-hetero) is 1. The van der Waals surface area contributed by atoms with Crippen molar-refractivity contribution in [1.29, 1.82) is 0 Å². The summed E-state index contributed by atoms with van der Waals surface area (Å²) >= 11 is 5.86. The Hall–Kier alpha value is -0.900. The molecule has 1 saturated heterocycles. The monoisotopic (exact) mass is 297 g/mol. The third kappa shape index (κ3) is 4.89. The van der Waals surface area contributed by atoms with Crippen molar-refractivity contribution in [3.05, 3.63) is 34.9 Å². The topological polar surface area (TPSA) is 40.5 Å². The van der Waals surface area contributed by atoms with Gasteiger partial charge in [0, 0.05) is 24.7 Å². The molecule has 112 valence electrons. The second kappa shape index (κ2) is 8.40. The number of aliphatic hydroxyl groups excluding tert-OH is 1. The van der Waals surface area contributed by atoms with Crippen LogP contribution < -0.4 is 0 Å². The summed E-state index contributed by atoms with van der Waals surface area (Å²) in [5, 5.41) is 10.2. The van der Waals surface area contributed by atoms with Gasteiger partial charge in [-0.2, -0.15) is 0 Å². The molecule has 4 heteroatoms. The summed E-state index contributed by atoms with van der Waals surface area (Å²) in [6.45, 7) is 7.82. The summed E-state index contributed by atoms with van der Waals surface area (Å²) < 4.78 is 0. The van der Waals surface area contributed by atoms with E-state index in [0.717, 1.165) is 18.5 Å². The van der Waals surface area contributed by atoms with Crippen LogP contribution in [0.15, 0.2) is 24.3 Å². The molecule has 3 nitrogen and oxygen atoms in total. The van der Waals surface area contributed by atoms with Crippen molar-refractivity contribution < 1.29 is 9.90 Å². The Balaban J connectivity index is 0.000000956.